The Hall–Kier alpha value is -2.21. The first-order valence-electron chi connectivity index (χ1n) is 8.94. The topological polar surface area (TPSA) is 40.6 Å². The number of halogens is 1. The highest BCUT2D eigenvalue weighted by Crippen LogP contribution is 2.13. The van der Waals surface area contributed by atoms with Crippen LogP contribution in [-0.2, 0) is 22.4 Å². The van der Waals surface area contributed by atoms with Crippen LogP contribution in [0.3, 0.4) is 0 Å². The molecule has 1 aromatic carbocycles. The zero-order chi connectivity index (χ0) is 18.4. The summed E-state index contributed by atoms with van der Waals surface area (Å²) in [6.07, 6.45) is 2.36. The molecule has 1 aliphatic heterocycles. The highest BCUT2D eigenvalue weighted by atomic mass is 32.1. The fourth-order valence-electron chi connectivity index (χ4n) is 3.15. The number of nitrogens with zero attached hydrogens (tertiary/aromatic N) is 2. The van der Waals surface area contributed by atoms with Crippen molar-refractivity contribution < 1.29 is 14.0 Å². The van der Waals surface area contributed by atoms with Gasteiger partial charge in [0.25, 0.3) is 0 Å². The first kappa shape index (κ1) is 18.6. The Morgan fingerprint density at radius 2 is 1.65 bits per heavy atom. The smallest absolute Gasteiger partial charge is 0.227 e. The second-order valence-electron chi connectivity index (χ2n) is 6.50. The van der Waals surface area contributed by atoms with E-state index in [9.17, 15) is 14.0 Å². The Bertz CT molecular complexity index is 731. The van der Waals surface area contributed by atoms with Gasteiger partial charge in [-0.3, -0.25) is 9.59 Å². The summed E-state index contributed by atoms with van der Waals surface area (Å²) in [5, 5.41) is 2.02. The molecule has 2 aromatic rings. The number of aryl methyl sites for hydroxylation is 1. The molecule has 0 atom stereocenters. The lowest BCUT2D eigenvalue weighted by atomic mass is 10.1. The van der Waals surface area contributed by atoms with Crippen molar-refractivity contribution in [2.24, 2.45) is 0 Å². The minimum Gasteiger partial charge on any atom is -0.341 e. The zero-order valence-electron chi connectivity index (χ0n) is 14.7. The third-order valence-electron chi connectivity index (χ3n) is 4.64. The van der Waals surface area contributed by atoms with Gasteiger partial charge in [0.05, 0.1) is 6.42 Å². The van der Waals surface area contributed by atoms with E-state index in [0.29, 0.717) is 32.6 Å². The Morgan fingerprint density at radius 1 is 0.962 bits per heavy atom. The van der Waals surface area contributed by atoms with Crippen molar-refractivity contribution in [3.63, 3.8) is 0 Å². The molecule has 0 radical (unpaired) electrons. The Balaban J connectivity index is 1.48. The second-order valence-corrected chi connectivity index (χ2v) is 7.53. The molecular formula is C20H23FN2O2S. The molecule has 0 N–H and O–H groups in total. The van der Waals surface area contributed by atoms with E-state index in [1.807, 2.05) is 21.2 Å². The summed E-state index contributed by atoms with van der Waals surface area (Å²) in [5.41, 5.74) is 0.810. The third kappa shape index (κ3) is 5.14. The summed E-state index contributed by atoms with van der Waals surface area (Å²) >= 11 is 1.67. The first-order valence-corrected chi connectivity index (χ1v) is 9.82. The van der Waals surface area contributed by atoms with Crippen molar-refractivity contribution >= 4 is 23.2 Å². The van der Waals surface area contributed by atoms with Gasteiger partial charge >= 0.3 is 0 Å². The molecule has 1 aliphatic rings. The van der Waals surface area contributed by atoms with Crippen LogP contribution in [0, 0.1) is 5.82 Å². The van der Waals surface area contributed by atoms with Crippen molar-refractivity contribution in [3.8, 4) is 0 Å². The molecule has 2 heterocycles. The molecule has 6 heteroatoms. The van der Waals surface area contributed by atoms with Crippen molar-refractivity contribution in [1.29, 1.82) is 0 Å². The number of carbonyl (C=O) groups excluding carboxylic acids is 2. The maximum Gasteiger partial charge on any atom is 0.227 e. The Morgan fingerprint density at radius 3 is 2.31 bits per heavy atom. The van der Waals surface area contributed by atoms with Gasteiger partial charge in [0.1, 0.15) is 5.82 Å². The number of thiophene rings is 1. The van der Waals surface area contributed by atoms with Crippen LogP contribution in [-0.4, -0.2) is 47.8 Å². The van der Waals surface area contributed by atoms with Crippen LogP contribution in [0.4, 0.5) is 4.39 Å². The zero-order valence-corrected chi connectivity index (χ0v) is 15.5. The van der Waals surface area contributed by atoms with E-state index in [1.54, 1.807) is 23.5 Å². The number of rotatable bonds is 5. The molecule has 0 unspecified atom stereocenters. The van der Waals surface area contributed by atoms with Gasteiger partial charge in [-0.05, 0) is 42.0 Å². The Labute approximate surface area is 157 Å². The number of hydrogen-bond donors (Lipinski definition) is 0. The fourth-order valence-corrected chi connectivity index (χ4v) is 3.86. The van der Waals surface area contributed by atoms with E-state index in [4.69, 9.17) is 0 Å². The molecule has 2 amide bonds. The largest absolute Gasteiger partial charge is 0.341 e. The summed E-state index contributed by atoms with van der Waals surface area (Å²) < 4.78 is 13.0. The van der Waals surface area contributed by atoms with Gasteiger partial charge in [-0.25, -0.2) is 4.39 Å². The fraction of sp³-hybridized carbons (Fsp3) is 0.400. The number of hydrogen-bond acceptors (Lipinski definition) is 3. The molecule has 3 rings (SSSR count). The van der Waals surface area contributed by atoms with Crippen LogP contribution in [0.15, 0.2) is 41.8 Å². The lowest BCUT2D eigenvalue weighted by Gasteiger charge is -2.22. The van der Waals surface area contributed by atoms with Crippen molar-refractivity contribution in [1.82, 2.24) is 9.80 Å². The van der Waals surface area contributed by atoms with Gasteiger partial charge < -0.3 is 9.80 Å². The highest BCUT2D eigenvalue weighted by Gasteiger charge is 2.22. The average molecular weight is 374 g/mol. The quantitative estimate of drug-likeness (QED) is 0.807. The van der Waals surface area contributed by atoms with Crippen molar-refractivity contribution in [2.75, 3.05) is 26.2 Å². The predicted molar refractivity (Wildman–Crippen MR) is 101 cm³/mol. The van der Waals surface area contributed by atoms with E-state index < -0.39 is 0 Å². The highest BCUT2D eigenvalue weighted by molar-refractivity contribution is 7.09. The summed E-state index contributed by atoms with van der Waals surface area (Å²) in [7, 11) is 0. The summed E-state index contributed by atoms with van der Waals surface area (Å²) in [6.45, 7) is 2.50. The SMILES string of the molecule is O=C(CCc1cccs1)N1CCCN(C(=O)Cc2ccc(F)cc2)CC1. The van der Waals surface area contributed by atoms with Crippen LogP contribution in [0.2, 0.25) is 0 Å². The third-order valence-corrected chi connectivity index (χ3v) is 5.57. The van der Waals surface area contributed by atoms with Crippen molar-refractivity contribution in [2.45, 2.75) is 25.7 Å². The molecule has 4 nitrogen and oxygen atoms in total. The number of carbonyl (C=O) groups is 2. The van der Waals surface area contributed by atoms with Crippen LogP contribution in [0.25, 0.3) is 0 Å². The van der Waals surface area contributed by atoms with Crippen LogP contribution < -0.4 is 0 Å². The van der Waals surface area contributed by atoms with Crippen LogP contribution in [0.1, 0.15) is 23.3 Å². The lowest BCUT2D eigenvalue weighted by Crippen LogP contribution is -2.38. The monoisotopic (exact) mass is 374 g/mol. The second kappa shape index (κ2) is 8.94. The maximum absolute atomic E-state index is 13.0. The molecular weight excluding hydrogens is 351 g/mol. The first-order chi connectivity index (χ1) is 12.6. The summed E-state index contributed by atoms with van der Waals surface area (Å²) in [5.74, 6) is -0.108. The standard InChI is InChI=1S/C20H23FN2O2S/c21-17-6-4-16(5-7-17)15-20(25)23-11-2-10-22(12-13-23)19(24)9-8-18-3-1-14-26-18/h1,3-7,14H,2,8-13,15H2. The van der Waals surface area contributed by atoms with Gasteiger partial charge in [0.15, 0.2) is 0 Å². The predicted octanol–water partition coefficient (Wildman–Crippen LogP) is 3.12. The molecule has 1 aromatic heterocycles. The van der Waals surface area contributed by atoms with Gasteiger partial charge in [-0.2, -0.15) is 0 Å². The van der Waals surface area contributed by atoms with Crippen LogP contribution >= 0.6 is 11.3 Å². The van der Waals surface area contributed by atoms with E-state index in [-0.39, 0.29) is 24.1 Å². The Kier molecular flexibility index (Phi) is 6.39. The summed E-state index contributed by atoms with van der Waals surface area (Å²) in [4.78, 5) is 29.8. The van der Waals surface area contributed by atoms with Crippen LogP contribution in [0.5, 0.6) is 0 Å². The normalized spacial score (nSPS) is 15.0. The molecule has 0 saturated carbocycles. The average Bonchev–Trinajstić information content (AvgIpc) is 3.04. The number of amides is 2. The van der Waals surface area contributed by atoms with Gasteiger partial charge in [0, 0.05) is 37.5 Å². The summed E-state index contributed by atoms with van der Waals surface area (Å²) in [6, 6.07) is 10.1. The molecule has 1 saturated heterocycles. The van der Waals surface area contributed by atoms with Gasteiger partial charge in [-0.1, -0.05) is 18.2 Å². The van der Waals surface area contributed by atoms with E-state index in [2.05, 4.69) is 6.07 Å². The molecule has 0 aliphatic carbocycles. The van der Waals surface area contributed by atoms with E-state index in [1.165, 1.54) is 17.0 Å². The molecule has 0 bridgehead atoms. The van der Waals surface area contributed by atoms with E-state index in [0.717, 1.165) is 18.4 Å². The minimum absolute atomic E-state index is 0.0319. The molecule has 26 heavy (non-hydrogen) atoms. The van der Waals surface area contributed by atoms with Crippen molar-refractivity contribution in [3.05, 3.63) is 58.0 Å². The lowest BCUT2D eigenvalue weighted by molar-refractivity contribution is -0.133. The minimum atomic E-state index is -0.298. The molecule has 1 fully saturated rings. The molecule has 0 spiro atoms. The molecule has 138 valence electrons. The van der Waals surface area contributed by atoms with E-state index >= 15 is 0 Å². The van der Waals surface area contributed by atoms with Gasteiger partial charge in [-0.15, -0.1) is 11.3 Å². The number of benzene rings is 1. The maximum atomic E-state index is 13.0. The van der Waals surface area contributed by atoms with Gasteiger partial charge in [0.2, 0.25) is 11.8 Å².